The second kappa shape index (κ2) is 7.45. The number of rotatable bonds is 5. The highest BCUT2D eigenvalue weighted by Gasteiger charge is 2.36. The molecular formula is C13H14Br2F3NO. The third kappa shape index (κ3) is 4.48. The van der Waals surface area contributed by atoms with Crippen molar-refractivity contribution in [1.29, 1.82) is 0 Å². The number of amides is 1. The van der Waals surface area contributed by atoms with Crippen molar-refractivity contribution in [2.24, 2.45) is 0 Å². The van der Waals surface area contributed by atoms with Crippen LogP contribution in [0.1, 0.15) is 29.3 Å². The minimum absolute atomic E-state index is 0.295. The predicted octanol–water partition coefficient (Wildman–Crippen LogP) is 4.72. The van der Waals surface area contributed by atoms with Crippen LogP contribution in [-0.2, 0) is 6.18 Å². The van der Waals surface area contributed by atoms with Gasteiger partial charge in [-0.05, 0) is 24.6 Å². The van der Waals surface area contributed by atoms with Crippen LogP contribution in [-0.4, -0.2) is 29.2 Å². The summed E-state index contributed by atoms with van der Waals surface area (Å²) >= 11 is 6.21. The van der Waals surface area contributed by atoms with E-state index in [0.29, 0.717) is 29.3 Å². The van der Waals surface area contributed by atoms with Gasteiger partial charge in [-0.25, -0.2) is 0 Å². The molecule has 20 heavy (non-hydrogen) atoms. The zero-order chi connectivity index (χ0) is 15.3. The first-order valence-corrected chi connectivity index (χ1v) is 7.94. The van der Waals surface area contributed by atoms with Gasteiger partial charge in [0.05, 0.1) is 11.1 Å². The molecule has 0 radical (unpaired) electrons. The molecule has 0 saturated carbocycles. The first kappa shape index (κ1) is 17.5. The molecule has 0 atom stereocenters. The van der Waals surface area contributed by atoms with Crippen molar-refractivity contribution in [3.05, 3.63) is 33.8 Å². The number of nitrogens with zero attached hydrogens (tertiary/aromatic N) is 1. The standard InChI is InChI=1S/C13H14Br2F3NO/c1-2-6-19(7-5-14)12(20)10-4-3-9(15)8-11(10)13(16,17)18/h3-4,8H,2,5-7H2,1H3. The maximum Gasteiger partial charge on any atom is 0.417 e. The maximum atomic E-state index is 13.0. The van der Waals surface area contributed by atoms with Gasteiger partial charge in [0, 0.05) is 22.9 Å². The number of alkyl halides is 4. The van der Waals surface area contributed by atoms with Crippen LogP contribution < -0.4 is 0 Å². The fraction of sp³-hybridized carbons (Fsp3) is 0.462. The smallest absolute Gasteiger partial charge is 0.338 e. The number of benzene rings is 1. The minimum Gasteiger partial charge on any atom is -0.338 e. The highest BCUT2D eigenvalue weighted by molar-refractivity contribution is 9.10. The van der Waals surface area contributed by atoms with E-state index in [1.54, 1.807) is 0 Å². The van der Waals surface area contributed by atoms with Crippen LogP contribution in [0.3, 0.4) is 0 Å². The second-order valence-corrected chi connectivity index (χ2v) is 5.88. The predicted molar refractivity (Wildman–Crippen MR) is 79.1 cm³/mol. The molecule has 0 N–H and O–H groups in total. The molecule has 0 bridgehead atoms. The summed E-state index contributed by atoms with van der Waals surface area (Å²) in [6.45, 7) is 2.68. The van der Waals surface area contributed by atoms with Gasteiger partial charge in [-0.15, -0.1) is 0 Å². The molecule has 2 nitrogen and oxygen atoms in total. The van der Waals surface area contributed by atoms with Crippen LogP contribution in [0.2, 0.25) is 0 Å². The molecule has 0 heterocycles. The molecular weight excluding hydrogens is 403 g/mol. The zero-order valence-corrected chi connectivity index (χ0v) is 14.0. The van der Waals surface area contributed by atoms with Gasteiger partial charge in [0.2, 0.25) is 0 Å². The highest BCUT2D eigenvalue weighted by Crippen LogP contribution is 2.34. The lowest BCUT2D eigenvalue weighted by Gasteiger charge is -2.23. The summed E-state index contributed by atoms with van der Waals surface area (Å²) in [5, 5.41) is 0.524. The van der Waals surface area contributed by atoms with Crippen molar-refractivity contribution in [2.45, 2.75) is 19.5 Å². The molecule has 0 unspecified atom stereocenters. The van der Waals surface area contributed by atoms with E-state index in [4.69, 9.17) is 0 Å². The van der Waals surface area contributed by atoms with Gasteiger partial charge >= 0.3 is 6.18 Å². The molecule has 1 aromatic carbocycles. The average molecular weight is 417 g/mol. The molecule has 1 aromatic rings. The molecule has 0 aromatic heterocycles. The van der Waals surface area contributed by atoms with Gasteiger partial charge in [-0.2, -0.15) is 13.2 Å². The summed E-state index contributed by atoms with van der Waals surface area (Å²) in [6, 6.07) is 3.60. The molecule has 0 fully saturated rings. The summed E-state index contributed by atoms with van der Waals surface area (Å²) in [7, 11) is 0. The Balaban J connectivity index is 3.20. The molecule has 1 amide bonds. The van der Waals surface area contributed by atoms with Gasteiger partial charge in [0.15, 0.2) is 0 Å². The summed E-state index contributed by atoms with van der Waals surface area (Å²) in [5.74, 6) is -0.592. The first-order valence-electron chi connectivity index (χ1n) is 6.03. The Kier molecular flexibility index (Phi) is 6.51. The van der Waals surface area contributed by atoms with Crippen molar-refractivity contribution in [1.82, 2.24) is 4.90 Å². The van der Waals surface area contributed by atoms with Crippen molar-refractivity contribution < 1.29 is 18.0 Å². The molecule has 0 aliphatic carbocycles. The van der Waals surface area contributed by atoms with Crippen molar-refractivity contribution in [3.63, 3.8) is 0 Å². The number of hydrogen-bond acceptors (Lipinski definition) is 1. The SMILES string of the molecule is CCCN(CCBr)C(=O)c1ccc(Br)cc1C(F)(F)F. The Morgan fingerprint density at radius 2 is 1.95 bits per heavy atom. The third-order valence-corrected chi connectivity index (χ3v) is 3.50. The zero-order valence-electron chi connectivity index (χ0n) is 10.8. The molecule has 0 aliphatic heterocycles. The number of carbonyl (C=O) groups excluding carboxylic acids is 1. The van der Waals surface area contributed by atoms with E-state index < -0.39 is 17.6 Å². The minimum atomic E-state index is -4.55. The van der Waals surface area contributed by atoms with E-state index >= 15 is 0 Å². The Labute approximate surface area is 132 Å². The number of halogens is 5. The van der Waals surface area contributed by atoms with Crippen LogP contribution in [0.25, 0.3) is 0 Å². The average Bonchev–Trinajstić information content (AvgIpc) is 2.36. The third-order valence-electron chi connectivity index (χ3n) is 2.65. The van der Waals surface area contributed by atoms with Crippen molar-refractivity contribution in [2.75, 3.05) is 18.4 Å². The van der Waals surface area contributed by atoms with Crippen LogP contribution in [0.4, 0.5) is 13.2 Å². The van der Waals surface area contributed by atoms with Crippen LogP contribution in [0, 0.1) is 0 Å². The highest BCUT2D eigenvalue weighted by atomic mass is 79.9. The number of carbonyl (C=O) groups is 1. The van der Waals surface area contributed by atoms with Gasteiger partial charge in [0.25, 0.3) is 5.91 Å². The van der Waals surface area contributed by atoms with E-state index in [2.05, 4.69) is 31.9 Å². The topological polar surface area (TPSA) is 20.3 Å². The van der Waals surface area contributed by atoms with E-state index in [1.807, 2.05) is 6.92 Å². The monoisotopic (exact) mass is 415 g/mol. The Hall–Kier alpha value is -0.560. The Morgan fingerprint density at radius 1 is 1.30 bits per heavy atom. The van der Waals surface area contributed by atoms with E-state index in [0.717, 1.165) is 6.07 Å². The van der Waals surface area contributed by atoms with Crippen molar-refractivity contribution >= 4 is 37.8 Å². The molecule has 7 heteroatoms. The molecule has 0 saturated heterocycles. The fourth-order valence-electron chi connectivity index (χ4n) is 1.79. The molecule has 0 aliphatic rings. The lowest BCUT2D eigenvalue weighted by Crippen LogP contribution is -2.34. The summed E-state index contributed by atoms with van der Waals surface area (Å²) in [6.07, 6.45) is -3.86. The first-order chi connectivity index (χ1) is 9.31. The summed E-state index contributed by atoms with van der Waals surface area (Å²) < 4.78 is 39.4. The van der Waals surface area contributed by atoms with Crippen LogP contribution in [0.15, 0.2) is 22.7 Å². The lowest BCUT2D eigenvalue weighted by atomic mass is 10.1. The normalized spacial score (nSPS) is 11.5. The molecule has 0 spiro atoms. The van der Waals surface area contributed by atoms with E-state index in [-0.39, 0.29) is 5.56 Å². The Bertz CT molecular complexity index is 471. The molecule has 1 rings (SSSR count). The molecule has 112 valence electrons. The quantitative estimate of drug-likeness (QED) is 0.636. The fourth-order valence-corrected chi connectivity index (χ4v) is 2.58. The summed E-state index contributed by atoms with van der Waals surface area (Å²) in [4.78, 5) is 13.7. The van der Waals surface area contributed by atoms with Crippen LogP contribution >= 0.6 is 31.9 Å². The maximum absolute atomic E-state index is 13.0. The number of hydrogen-bond donors (Lipinski definition) is 0. The Morgan fingerprint density at radius 3 is 2.45 bits per heavy atom. The van der Waals surface area contributed by atoms with Crippen LogP contribution in [0.5, 0.6) is 0 Å². The van der Waals surface area contributed by atoms with Gasteiger partial charge in [-0.1, -0.05) is 38.8 Å². The van der Waals surface area contributed by atoms with Gasteiger partial charge < -0.3 is 4.90 Å². The largest absolute Gasteiger partial charge is 0.417 e. The second-order valence-electron chi connectivity index (χ2n) is 4.17. The van der Waals surface area contributed by atoms with E-state index in [1.165, 1.54) is 17.0 Å². The van der Waals surface area contributed by atoms with Crippen molar-refractivity contribution in [3.8, 4) is 0 Å². The van der Waals surface area contributed by atoms with Gasteiger partial charge in [0.1, 0.15) is 0 Å². The summed E-state index contributed by atoms with van der Waals surface area (Å²) in [5.41, 5.74) is -1.22. The van der Waals surface area contributed by atoms with E-state index in [9.17, 15) is 18.0 Å². The lowest BCUT2D eigenvalue weighted by molar-refractivity contribution is -0.138. The van der Waals surface area contributed by atoms with Gasteiger partial charge in [-0.3, -0.25) is 4.79 Å².